The van der Waals surface area contributed by atoms with Crippen LogP contribution >= 0.6 is 0 Å². The summed E-state index contributed by atoms with van der Waals surface area (Å²) in [5, 5.41) is 9.57. The molecule has 0 aromatic heterocycles. The molecule has 1 N–H and O–H groups in total. The molecule has 1 unspecified atom stereocenters. The van der Waals surface area contributed by atoms with E-state index < -0.39 is 11.4 Å². The van der Waals surface area contributed by atoms with Crippen molar-refractivity contribution in [3.63, 3.8) is 0 Å². The van der Waals surface area contributed by atoms with Crippen molar-refractivity contribution < 1.29 is 9.90 Å². The van der Waals surface area contributed by atoms with Crippen LogP contribution in [0.4, 0.5) is 0 Å². The molecule has 0 saturated heterocycles. The first kappa shape index (κ1) is 14.1. The minimum absolute atomic E-state index is 0.0377. The molecule has 1 aromatic rings. The summed E-state index contributed by atoms with van der Waals surface area (Å²) in [5.74, 6) is -0.663. The Morgan fingerprint density at radius 3 is 2.11 bits per heavy atom. The van der Waals surface area contributed by atoms with Crippen molar-refractivity contribution in [2.45, 2.75) is 39.7 Å². The maximum atomic E-state index is 11.6. The van der Waals surface area contributed by atoms with Gasteiger partial charge < -0.3 is 10.0 Å². The van der Waals surface area contributed by atoms with Gasteiger partial charge in [0.15, 0.2) is 0 Å². The number of aliphatic carboxylic acids is 1. The highest BCUT2D eigenvalue weighted by molar-refractivity contribution is 5.79. The Hall–Kier alpha value is -1.35. The molecule has 19 heavy (non-hydrogen) atoms. The Labute approximate surface area is 115 Å². The number of rotatable bonds is 4. The van der Waals surface area contributed by atoms with Gasteiger partial charge in [-0.2, -0.15) is 0 Å². The van der Waals surface area contributed by atoms with Crippen LogP contribution in [0.25, 0.3) is 0 Å². The van der Waals surface area contributed by atoms with E-state index in [1.807, 2.05) is 14.1 Å². The van der Waals surface area contributed by atoms with Gasteiger partial charge in [-0.15, -0.1) is 0 Å². The third-order valence-electron chi connectivity index (χ3n) is 4.43. The van der Waals surface area contributed by atoms with E-state index in [0.29, 0.717) is 0 Å². The van der Waals surface area contributed by atoms with Crippen LogP contribution in [0.1, 0.15) is 41.1 Å². The average Bonchev–Trinajstić information content (AvgIpc) is 3.06. The van der Waals surface area contributed by atoms with E-state index in [-0.39, 0.29) is 6.04 Å². The molecule has 0 amide bonds. The van der Waals surface area contributed by atoms with Crippen LogP contribution in [0.5, 0.6) is 0 Å². The fourth-order valence-electron chi connectivity index (χ4n) is 3.09. The fourth-order valence-corrected chi connectivity index (χ4v) is 3.09. The van der Waals surface area contributed by atoms with Crippen LogP contribution in [0.2, 0.25) is 0 Å². The van der Waals surface area contributed by atoms with E-state index in [4.69, 9.17) is 0 Å². The summed E-state index contributed by atoms with van der Waals surface area (Å²) >= 11 is 0. The van der Waals surface area contributed by atoms with Gasteiger partial charge in [0.1, 0.15) is 0 Å². The second-order valence-corrected chi connectivity index (χ2v) is 6.12. The zero-order valence-corrected chi connectivity index (χ0v) is 12.4. The standard InChI is InChI=1S/C16H23NO2/c1-10-8-12(3)13(9-11(10)2)14(17(4)5)16(6-7-16)15(18)19/h8-9,14H,6-7H2,1-5H3,(H,18,19). The number of hydrogen-bond donors (Lipinski definition) is 1. The van der Waals surface area contributed by atoms with Gasteiger partial charge in [-0.3, -0.25) is 4.79 Å². The lowest BCUT2D eigenvalue weighted by Crippen LogP contribution is -2.34. The van der Waals surface area contributed by atoms with E-state index in [9.17, 15) is 9.90 Å². The van der Waals surface area contributed by atoms with Gasteiger partial charge in [0.05, 0.1) is 11.5 Å². The number of aryl methyl sites for hydroxylation is 3. The second-order valence-electron chi connectivity index (χ2n) is 6.12. The lowest BCUT2D eigenvalue weighted by Gasteiger charge is -2.32. The van der Waals surface area contributed by atoms with Gasteiger partial charge in [-0.1, -0.05) is 12.1 Å². The molecule has 1 aliphatic rings. The van der Waals surface area contributed by atoms with Crippen molar-refractivity contribution in [3.05, 3.63) is 34.4 Å². The van der Waals surface area contributed by atoms with Crippen molar-refractivity contribution in [1.29, 1.82) is 0 Å². The molecular weight excluding hydrogens is 238 g/mol. The van der Waals surface area contributed by atoms with Crippen molar-refractivity contribution in [2.24, 2.45) is 5.41 Å². The molecule has 104 valence electrons. The number of carboxylic acid groups (broad SMARTS) is 1. The summed E-state index contributed by atoms with van der Waals surface area (Å²) in [6.45, 7) is 6.27. The summed E-state index contributed by atoms with van der Waals surface area (Å²) in [7, 11) is 3.95. The van der Waals surface area contributed by atoms with Gasteiger partial charge in [0.2, 0.25) is 0 Å². The molecule has 1 fully saturated rings. The highest BCUT2D eigenvalue weighted by atomic mass is 16.4. The first-order valence-corrected chi connectivity index (χ1v) is 6.77. The van der Waals surface area contributed by atoms with Crippen molar-refractivity contribution >= 4 is 5.97 Å². The maximum absolute atomic E-state index is 11.6. The van der Waals surface area contributed by atoms with Gasteiger partial charge in [-0.05, 0) is 70.0 Å². The summed E-state index contributed by atoms with van der Waals surface area (Å²) in [4.78, 5) is 13.7. The highest BCUT2D eigenvalue weighted by Gasteiger charge is 2.57. The largest absolute Gasteiger partial charge is 0.481 e. The van der Waals surface area contributed by atoms with E-state index in [2.05, 4.69) is 37.8 Å². The van der Waals surface area contributed by atoms with Crippen molar-refractivity contribution in [3.8, 4) is 0 Å². The molecule has 0 aliphatic heterocycles. The number of nitrogens with zero attached hydrogens (tertiary/aromatic N) is 1. The Balaban J connectivity index is 2.52. The molecule has 0 heterocycles. The van der Waals surface area contributed by atoms with Gasteiger partial charge in [0.25, 0.3) is 0 Å². The quantitative estimate of drug-likeness (QED) is 0.905. The molecule has 0 bridgehead atoms. The third-order valence-corrected chi connectivity index (χ3v) is 4.43. The molecule has 2 rings (SSSR count). The van der Waals surface area contributed by atoms with E-state index in [1.165, 1.54) is 16.7 Å². The fraction of sp³-hybridized carbons (Fsp3) is 0.562. The lowest BCUT2D eigenvalue weighted by molar-refractivity contribution is -0.146. The molecule has 0 radical (unpaired) electrons. The van der Waals surface area contributed by atoms with E-state index >= 15 is 0 Å². The van der Waals surface area contributed by atoms with E-state index in [1.54, 1.807) is 0 Å². The SMILES string of the molecule is Cc1cc(C)c(C(N(C)C)C2(C(=O)O)CC2)cc1C. The average molecular weight is 261 g/mol. The van der Waals surface area contributed by atoms with Gasteiger partial charge in [-0.25, -0.2) is 0 Å². The first-order chi connectivity index (χ1) is 8.79. The van der Waals surface area contributed by atoms with Gasteiger partial charge >= 0.3 is 5.97 Å². The zero-order chi connectivity index (χ0) is 14.4. The zero-order valence-electron chi connectivity index (χ0n) is 12.4. The Morgan fingerprint density at radius 1 is 1.16 bits per heavy atom. The topological polar surface area (TPSA) is 40.5 Å². The van der Waals surface area contributed by atoms with Crippen LogP contribution in [-0.4, -0.2) is 30.1 Å². The van der Waals surface area contributed by atoms with Gasteiger partial charge in [0, 0.05) is 0 Å². The molecular formula is C16H23NO2. The molecule has 1 aromatic carbocycles. The van der Waals surface area contributed by atoms with Crippen LogP contribution in [0.15, 0.2) is 12.1 Å². The molecule has 3 nitrogen and oxygen atoms in total. The number of carboxylic acids is 1. The number of hydrogen-bond acceptors (Lipinski definition) is 2. The Kier molecular flexibility index (Phi) is 3.43. The van der Waals surface area contributed by atoms with Crippen LogP contribution in [-0.2, 0) is 4.79 Å². The summed E-state index contributed by atoms with van der Waals surface area (Å²) < 4.78 is 0. The predicted molar refractivity (Wildman–Crippen MR) is 76.4 cm³/mol. The smallest absolute Gasteiger partial charge is 0.311 e. The molecule has 3 heteroatoms. The summed E-state index contributed by atoms with van der Waals surface area (Å²) in [5.41, 5.74) is 4.26. The summed E-state index contributed by atoms with van der Waals surface area (Å²) in [6.07, 6.45) is 1.55. The third kappa shape index (κ3) is 2.27. The molecule has 1 saturated carbocycles. The monoisotopic (exact) mass is 261 g/mol. The van der Waals surface area contributed by atoms with Crippen LogP contribution in [0.3, 0.4) is 0 Å². The van der Waals surface area contributed by atoms with Crippen molar-refractivity contribution in [1.82, 2.24) is 4.90 Å². The van der Waals surface area contributed by atoms with Crippen LogP contribution < -0.4 is 0 Å². The summed E-state index contributed by atoms with van der Waals surface area (Å²) in [6, 6.07) is 4.29. The normalized spacial score (nSPS) is 18.4. The first-order valence-electron chi connectivity index (χ1n) is 6.77. The highest BCUT2D eigenvalue weighted by Crippen LogP contribution is 2.57. The minimum Gasteiger partial charge on any atom is -0.481 e. The molecule has 1 atom stereocenters. The maximum Gasteiger partial charge on any atom is 0.311 e. The van der Waals surface area contributed by atoms with Crippen LogP contribution in [0, 0.1) is 26.2 Å². The Morgan fingerprint density at radius 2 is 1.68 bits per heavy atom. The molecule has 1 aliphatic carbocycles. The molecule has 0 spiro atoms. The second kappa shape index (κ2) is 4.64. The lowest BCUT2D eigenvalue weighted by atomic mass is 9.85. The Bertz CT molecular complexity index is 516. The minimum atomic E-state index is -0.663. The predicted octanol–water partition coefficient (Wildman–Crippen LogP) is 3.08. The number of benzene rings is 1. The van der Waals surface area contributed by atoms with E-state index in [0.717, 1.165) is 18.4 Å². The van der Waals surface area contributed by atoms with Crippen molar-refractivity contribution in [2.75, 3.05) is 14.1 Å². The number of carbonyl (C=O) groups is 1.